The average Bonchev–Trinajstić information content (AvgIpc) is 2.45. The van der Waals surface area contributed by atoms with Crippen molar-refractivity contribution in [2.45, 2.75) is 26.1 Å². The number of anilines is 2. The van der Waals surface area contributed by atoms with Crippen LogP contribution in [0.3, 0.4) is 0 Å². The zero-order chi connectivity index (χ0) is 17.2. The van der Waals surface area contributed by atoms with E-state index in [0.29, 0.717) is 6.20 Å². The van der Waals surface area contributed by atoms with Gasteiger partial charge in [-0.2, -0.15) is 18.2 Å². The predicted molar refractivity (Wildman–Crippen MR) is 77.3 cm³/mol. The Bertz CT molecular complexity index is 689. The second-order valence-corrected chi connectivity index (χ2v) is 5.06. The van der Waals surface area contributed by atoms with Crippen LogP contribution in [0, 0.1) is 5.82 Å². The van der Waals surface area contributed by atoms with Crippen molar-refractivity contribution < 1.29 is 22.3 Å². The van der Waals surface area contributed by atoms with Crippen molar-refractivity contribution in [2.75, 3.05) is 11.9 Å². The Balaban J connectivity index is 2.55. The summed E-state index contributed by atoms with van der Waals surface area (Å²) < 4.78 is 58.6. The van der Waals surface area contributed by atoms with Gasteiger partial charge in [0.2, 0.25) is 0 Å². The molecule has 0 saturated carbocycles. The number of ether oxygens (including phenoxy) is 1. The number of alkyl halides is 3. The van der Waals surface area contributed by atoms with E-state index in [1.165, 1.54) is 25.2 Å². The molecule has 0 aliphatic heterocycles. The zero-order valence-electron chi connectivity index (χ0n) is 12.7. The van der Waals surface area contributed by atoms with Crippen LogP contribution in [-0.4, -0.2) is 23.1 Å². The molecule has 0 atom stereocenters. The number of benzene rings is 1. The fraction of sp³-hybridized carbons (Fsp3) is 0.333. The molecule has 1 aromatic heterocycles. The molecule has 2 rings (SSSR count). The summed E-state index contributed by atoms with van der Waals surface area (Å²) in [5.41, 5.74) is -1.11. The van der Waals surface area contributed by atoms with Crippen LogP contribution in [0.15, 0.2) is 30.5 Å². The van der Waals surface area contributed by atoms with Crippen molar-refractivity contribution >= 4 is 11.5 Å². The molecule has 1 heterocycles. The quantitative estimate of drug-likeness (QED) is 0.789. The molecule has 8 heteroatoms. The van der Waals surface area contributed by atoms with Crippen molar-refractivity contribution in [3.63, 3.8) is 0 Å². The lowest BCUT2D eigenvalue weighted by Crippen LogP contribution is -2.20. The molecular weight excluding hydrogens is 314 g/mol. The van der Waals surface area contributed by atoms with Crippen LogP contribution < -0.4 is 9.64 Å². The summed E-state index contributed by atoms with van der Waals surface area (Å²) in [6.45, 7) is 3.39. The van der Waals surface area contributed by atoms with Crippen molar-refractivity contribution in [3.05, 3.63) is 41.8 Å². The molecule has 4 nitrogen and oxygen atoms in total. The SMILES string of the molecule is CC(C)Oc1ncc(C(F)(F)F)c(N(C)c2ccccc2F)n1. The van der Waals surface area contributed by atoms with Gasteiger partial charge < -0.3 is 9.64 Å². The largest absolute Gasteiger partial charge is 0.461 e. The standard InChI is InChI=1S/C15H15F4N3O/c1-9(2)23-14-20-8-10(15(17,18)19)13(21-14)22(3)12-7-5-4-6-11(12)16/h4-9H,1-3H3. The molecule has 23 heavy (non-hydrogen) atoms. The van der Waals surface area contributed by atoms with E-state index < -0.39 is 23.4 Å². The molecule has 0 unspecified atom stereocenters. The summed E-state index contributed by atoms with van der Waals surface area (Å²) in [6.07, 6.45) is -4.35. The highest BCUT2D eigenvalue weighted by Gasteiger charge is 2.37. The van der Waals surface area contributed by atoms with E-state index in [4.69, 9.17) is 4.74 Å². The number of hydrogen-bond acceptors (Lipinski definition) is 4. The minimum absolute atomic E-state index is 0.0350. The number of para-hydroxylation sites is 1. The molecule has 0 N–H and O–H groups in total. The first-order chi connectivity index (χ1) is 10.7. The average molecular weight is 329 g/mol. The van der Waals surface area contributed by atoms with Gasteiger partial charge in [-0.3, -0.25) is 0 Å². The van der Waals surface area contributed by atoms with E-state index in [2.05, 4.69) is 9.97 Å². The van der Waals surface area contributed by atoms with Gasteiger partial charge in [0.1, 0.15) is 11.4 Å². The van der Waals surface area contributed by atoms with Gasteiger partial charge in [0.25, 0.3) is 0 Å². The summed E-state index contributed by atoms with van der Waals surface area (Å²) in [4.78, 5) is 8.39. The highest BCUT2D eigenvalue weighted by atomic mass is 19.4. The van der Waals surface area contributed by atoms with Crippen molar-refractivity contribution in [1.82, 2.24) is 9.97 Å². The van der Waals surface area contributed by atoms with Gasteiger partial charge in [-0.15, -0.1) is 0 Å². The van der Waals surface area contributed by atoms with E-state index in [1.807, 2.05) is 0 Å². The van der Waals surface area contributed by atoms with Crippen LogP contribution in [0.25, 0.3) is 0 Å². The molecule has 0 bridgehead atoms. The Morgan fingerprint density at radius 3 is 2.39 bits per heavy atom. The van der Waals surface area contributed by atoms with Crippen molar-refractivity contribution in [3.8, 4) is 6.01 Å². The van der Waals surface area contributed by atoms with Crippen molar-refractivity contribution in [2.24, 2.45) is 0 Å². The summed E-state index contributed by atoms with van der Waals surface area (Å²) in [7, 11) is 1.30. The van der Waals surface area contributed by atoms with E-state index in [1.54, 1.807) is 13.8 Å². The first kappa shape index (κ1) is 17.0. The van der Waals surface area contributed by atoms with E-state index >= 15 is 0 Å². The fourth-order valence-corrected chi connectivity index (χ4v) is 1.92. The number of nitrogens with zero attached hydrogens (tertiary/aromatic N) is 3. The lowest BCUT2D eigenvalue weighted by Gasteiger charge is -2.23. The molecule has 0 saturated heterocycles. The van der Waals surface area contributed by atoms with Crippen LogP contribution in [0.5, 0.6) is 6.01 Å². The maximum absolute atomic E-state index is 13.9. The Morgan fingerprint density at radius 1 is 1.17 bits per heavy atom. The summed E-state index contributed by atoms with van der Waals surface area (Å²) in [6, 6.07) is 5.29. The van der Waals surface area contributed by atoms with Crippen LogP contribution in [0.1, 0.15) is 19.4 Å². The fourth-order valence-electron chi connectivity index (χ4n) is 1.92. The highest BCUT2D eigenvalue weighted by Crippen LogP contribution is 2.38. The van der Waals surface area contributed by atoms with E-state index in [9.17, 15) is 17.6 Å². The minimum Gasteiger partial charge on any atom is -0.461 e. The number of halogens is 4. The molecule has 124 valence electrons. The van der Waals surface area contributed by atoms with Gasteiger partial charge >= 0.3 is 12.2 Å². The van der Waals surface area contributed by atoms with Gasteiger partial charge in [-0.1, -0.05) is 12.1 Å². The smallest absolute Gasteiger partial charge is 0.421 e. The van der Waals surface area contributed by atoms with Gasteiger partial charge in [0.15, 0.2) is 5.82 Å². The molecule has 0 amide bonds. The van der Waals surface area contributed by atoms with Crippen molar-refractivity contribution in [1.29, 1.82) is 0 Å². The highest BCUT2D eigenvalue weighted by molar-refractivity contribution is 5.63. The van der Waals surface area contributed by atoms with Gasteiger partial charge in [0.05, 0.1) is 11.8 Å². The second kappa shape index (κ2) is 6.39. The maximum Gasteiger partial charge on any atom is 0.421 e. The molecule has 0 fully saturated rings. The van der Waals surface area contributed by atoms with Crippen LogP contribution in [-0.2, 0) is 6.18 Å². The lowest BCUT2D eigenvalue weighted by atomic mass is 10.2. The van der Waals surface area contributed by atoms with Crippen LogP contribution in [0.4, 0.5) is 29.1 Å². The molecule has 2 aromatic rings. The number of hydrogen-bond donors (Lipinski definition) is 0. The van der Waals surface area contributed by atoms with Gasteiger partial charge in [-0.05, 0) is 26.0 Å². The molecule has 0 spiro atoms. The summed E-state index contributed by atoms with van der Waals surface area (Å²) in [5, 5.41) is 0. The molecule has 0 radical (unpaired) electrons. The Kier molecular flexibility index (Phi) is 4.72. The Hall–Kier alpha value is -2.38. The second-order valence-electron chi connectivity index (χ2n) is 5.06. The third kappa shape index (κ3) is 3.88. The zero-order valence-corrected chi connectivity index (χ0v) is 12.7. The Morgan fingerprint density at radius 2 is 1.83 bits per heavy atom. The normalized spacial score (nSPS) is 11.7. The Labute approximate surface area is 130 Å². The van der Waals surface area contributed by atoms with E-state index in [0.717, 1.165) is 11.0 Å². The minimum atomic E-state index is -4.68. The molecule has 0 aliphatic carbocycles. The van der Waals surface area contributed by atoms with Crippen LogP contribution in [0.2, 0.25) is 0 Å². The monoisotopic (exact) mass is 329 g/mol. The van der Waals surface area contributed by atoms with Crippen LogP contribution >= 0.6 is 0 Å². The van der Waals surface area contributed by atoms with Gasteiger partial charge in [0, 0.05) is 13.2 Å². The first-order valence-electron chi connectivity index (χ1n) is 6.79. The first-order valence-corrected chi connectivity index (χ1v) is 6.79. The maximum atomic E-state index is 13.9. The third-order valence-electron chi connectivity index (χ3n) is 2.92. The predicted octanol–water partition coefficient (Wildman–Crippen LogP) is 4.19. The number of aromatic nitrogens is 2. The lowest BCUT2D eigenvalue weighted by molar-refractivity contribution is -0.137. The molecule has 1 aromatic carbocycles. The molecular formula is C15H15F4N3O. The summed E-state index contributed by atoms with van der Waals surface area (Å²) in [5.74, 6) is -1.14. The molecule has 0 aliphatic rings. The van der Waals surface area contributed by atoms with E-state index in [-0.39, 0.29) is 17.8 Å². The number of rotatable bonds is 4. The van der Waals surface area contributed by atoms with Gasteiger partial charge in [-0.25, -0.2) is 9.37 Å². The third-order valence-corrected chi connectivity index (χ3v) is 2.92. The summed E-state index contributed by atoms with van der Waals surface area (Å²) >= 11 is 0. The topological polar surface area (TPSA) is 38.2 Å².